The highest BCUT2D eigenvalue weighted by molar-refractivity contribution is 5.69. The normalized spacial score (nSPS) is 11.6. The van der Waals surface area contributed by atoms with Gasteiger partial charge in [0.2, 0.25) is 0 Å². The molecule has 0 fully saturated rings. The third kappa shape index (κ3) is 41.1. The maximum absolute atomic E-state index is 11.4. The van der Waals surface area contributed by atoms with E-state index in [-0.39, 0.29) is 19.2 Å². The van der Waals surface area contributed by atoms with Crippen LogP contribution >= 0.6 is 0 Å². The summed E-state index contributed by atoms with van der Waals surface area (Å²) in [5, 5.41) is 26.2. The molecule has 0 aliphatic rings. The summed E-state index contributed by atoms with van der Waals surface area (Å²) in [5.41, 5.74) is 0. The van der Waals surface area contributed by atoms with Crippen LogP contribution in [0.2, 0.25) is 0 Å². The Balaban J connectivity index is 0. The van der Waals surface area contributed by atoms with Crippen LogP contribution in [0.3, 0.4) is 0 Å². The summed E-state index contributed by atoms with van der Waals surface area (Å²) in [5.74, 6) is -0.932. The van der Waals surface area contributed by atoms with Crippen molar-refractivity contribution in [2.24, 2.45) is 0 Å². The Labute approximate surface area is 254 Å². The lowest BCUT2D eigenvalue weighted by Crippen LogP contribution is -2.21. The zero-order valence-corrected chi connectivity index (χ0v) is 27.4. The van der Waals surface area contributed by atoms with E-state index >= 15 is 0 Å². The Morgan fingerprint density at radius 2 is 0.805 bits per heavy atom. The second-order valence-corrected chi connectivity index (χ2v) is 11.9. The third-order valence-electron chi connectivity index (χ3n) is 7.63. The summed E-state index contributed by atoms with van der Waals surface area (Å²) >= 11 is 0. The first-order valence-electron chi connectivity index (χ1n) is 17.6. The van der Waals surface area contributed by atoms with Gasteiger partial charge in [-0.15, -0.1) is 0 Å². The molecule has 246 valence electrons. The Morgan fingerprint density at radius 1 is 0.512 bits per heavy atom. The number of unbranched alkanes of at least 4 members (excludes halogenated alkanes) is 24. The molecule has 41 heavy (non-hydrogen) atoms. The summed E-state index contributed by atoms with van der Waals surface area (Å²) in [6.07, 6.45) is 33.4. The summed E-state index contributed by atoms with van der Waals surface area (Å²) in [4.78, 5) is 21.6. The molecule has 0 heterocycles. The van der Waals surface area contributed by atoms with E-state index in [2.05, 4.69) is 13.8 Å². The number of aliphatic hydroxyl groups is 2. The van der Waals surface area contributed by atoms with Crippen molar-refractivity contribution in [3.63, 3.8) is 0 Å². The van der Waals surface area contributed by atoms with Gasteiger partial charge in [-0.25, -0.2) is 0 Å². The van der Waals surface area contributed by atoms with Crippen LogP contribution in [0.15, 0.2) is 0 Å². The highest BCUT2D eigenvalue weighted by atomic mass is 16.5. The van der Waals surface area contributed by atoms with Crippen LogP contribution < -0.4 is 0 Å². The van der Waals surface area contributed by atoms with E-state index in [1.807, 2.05) is 0 Å². The van der Waals surface area contributed by atoms with Crippen molar-refractivity contribution in [3.8, 4) is 0 Å². The van der Waals surface area contributed by atoms with Gasteiger partial charge in [-0.1, -0.05) is 168 Å². The molecule has 6 heteroatoms. The van der Waals surface area contributed by atoms with Crippen LogP contribution in [0.4, 0.5) is 0 Å². The van der Waals surface area contributed by atoms with Crippen molar-refractivity contribution in [2.75, 3.05) is 13.2 Å². The lowest BCUT2D eigenvalue weighted by atomic mass is 10.0. The van der Waals surface area contributed by atoms with Crippen molar-refractivity contribution in [2.45, 2.75) is 200 Å². The van der Waals surface area contributed by atoms with Gasteiger partial charge >= 0.3 is 11.9 Å². The van der Waals surface area contributed by atoms with Gasteiger partial charge < -0.3 is 20.1 Å². The zero-order valence-electron chi connectivity index (χ0n) is 27.4. The average Bonchev–Trinajstić information content (AvgIpc) is 2.96. The molecular weight excluding hydrogens is 516 g/mol. The number of hydrogen-bond acceptors (Lipinski definition) is 5. The molecular formula is C35H70O6. The number of carboxylic acid groups (broad SMARTS) is 1. The van der Waals surface area contributed by atoms with Crippen molar-refractivity contribution < 1.29 is 29.6 Å². The van der Waals surface area contributed by atoms with Gasteiger partial charge in [-0.2, -0.15) is 0 Å². The van der Waals surface area contributed by atoms with Gasteiger partial charge in [0.1, 0.15) is 12.7 Å². The van der Waals surface area contributed by atoms with Gasteiger partial charge in [0.05, 0.1) is 6.61 Å². The monoisotopic (exact) mass is 587 g/mol. The quantitative estimate of drug-likeness (QED) is 0.0551. The summed E-state index contributed by atoms with van der Waals surface area (Å²) < 4.78 is 4.86. The van der Waals surface area contributed by atoms with E-state index in [9.17, 15) is 9.59 Å². The number of rotatable bonds is 31. The second-order valence-electron chi connectivity index (χ2n) is 11.9. The molecule has 1 atom stereocenters. The molecule has 0 rings (SSSR count). The zero-order chi connectivity index (χ0) is 30.7. The van der Waals surface area contributed by atoms with Gasteiger partial charge in [-0.05, 0) is 12.8 Å². The number of hydrogen-bond donors (Lipinski definition) is 3. The van der Waals surface area contributed by atoms with Gasteiger partial charge in [0.25, 0.3) is 0 Å². The number of aliphatic carboxylic acids is 1. The van der Waals surface area contributed by atoms with Crippen LogP contribution in [-0.4, -0.2) is 46.6 Å². The number of aliphatic hydroxyl groups excluding tert-OH is 2. The fraction of sp³-hybridized carbons (Fsp3) is 0.943. The fourth-order valence-corrected chi connectivity index (χ4v) is 4.90. The molecule has 0 aliphatic carbocycles. The molecule has 0 aromatic carbocycles. The van der Waals surface area contributed by atoms with E-state index in [1.54, 1.807) is 0 Å². The lowest BCUT2D eigenvalue weighted by molar-refractivity contribution is -0.147. The number of carbonyl (C=O) groups is 2. The highest BCUT2D eigenvalue weighted by Crippen LogP contribution is 2.14. The van der Waals surface area contributed by atoms with Gasteiger partial charge in [-0.3, -0.25) is 9.59 Å². The predicted molar refractivity (Wildman–Crippen MR) is 172 cm³/mol. The first-order chi connectivity index (χ1) is 20.0. The summed E-state index contributed by atoms with van der Waals surface area (Å²) in [6.45, 7) is 4.04. The topological polar surface area (TPSA) is 104 Å². The molecule has 0 bridgehead atoms. The molecule has 1 unspecified atom stereocenters. The Hall–Kier alpha value is -1.14. The van der Waals surface area contributed by atoms with Crippen LogP contribution in [0, 0.1) is 0 Å². The number of ether oxygens (including phenoxy) is 1. The molecule has 0 saturated heterocycles. The molecule has 0 aliphatic heterocycles. The van der Waals surface area contributed by atoms with E-state index in [4.69, 9.17) is 20.1 Å². The minimum Gasteiger partial charge on any atom is -0.481 e. The molecule has 0 aromatic heterocycles. The average molecular weight is 587 g/mol. The Bertz CT molecular complexity index is 525. The van der Waals surface area contributed by atoms with Gasteiger partial charge in [0.15, 0.2) is 0 Å². The smallest absolute Gasteiger partial charge is 0.305 e. The van der Waals surface area contributed by atoms with E-state index in [1.165, 1.54) is 141 Å². The molecule has 3 N–H and O–H groups in total. The number of esters is 1. The number of carboxylic acids is 1. The molecule has 0 spiro atoms. The van der Waals surface area contributed by atoms with Crippen LogP contribution in [0.5, 0.6) is 0 Å². The van der Waals surface area contributed by atoms with Crippen LogP contribution in [0.1, 0.15) is 194 Å². The molecule has 0 amide bonds. The van der Waals surface area contributed by atoms with Crippen molar-refractivity contribution in [1.29, 1.82) is 0 Å². The molecule has 0 aromatic rings. The van der Waals surface area contributed by atoms with Crippen molar-refractivity contribution >= 4 is 11.9 Å². The summed E-state index contributed by atoms with van der Waals surface area (Å²) in [6, 6.07) is 0. The maximum Gasteiger partial charge on any atom is 0.305 e. The standard InChI is InChI=1S/C21H42O4.C14H28O2/c1-2-3-4-5-6-7-8-9-10-11-12-13-14-15-16-17-21(24)25-19-20(23)18-22;1-2-3-4-5-6-7-8-9-10-11-12-13-14(15)16/h20,22-23H,2-19H2,1H3;2-13H2,1H3,(H,15,16). The summed E-state index contributed by atoms with van der Waals surface area (Å²) in [7, 11) is 0. The van der Waals surface area contributed by atoms with E-state index < -0.39 is 12.1 Å². The largest absolute Gasteiger partial charge is 0.481 e. The van der Waals surface area contributed by atoms with Crippen LogP contribution in [-0.2, 0) is 14.3 Å². The Kier molecular flexibility index (Phi) is 37.8. The van der Waals surface area contributed by atoms with Crippen molar-refractivity contribution in [3.05, 3.63) is 0 Å². The second kappa shape index (κ2) is 36.9. The predicted octanol–water partition coefficient (Wildman–Crippen LogP) is 9.92. The lowest BCUT2D eigenvalue weighted by Gasteiger charge is -2.08. The van der Waals surface area contributed by atoms with E-state index in [0.717, 1.165) is 25.7 Å². The fourth-order valence-electron chi connectivity index (χ4n) is 4.90. The highest BCUT2D eigenvalue weighted by Gasteiger charge is 2.07. The van der Waals surface area contributed by atoms with Crippen LogP contribution in [0.25, 0.3) is 0 Å². The molecule has 0 radical (unpaired) electrons. The first-order valence-corrected chi connectivity index (χ1v) is 17.6. The minimum atomic E-state index is -0.954. The SMILES string of the molecule is CCCCCCCCCCCCCC(=O)O.CCCCCCCCCCCCCCCCCC(=O)OCC(O)CO. The minimum absolute atomic E-state index is 0.103. The third-order valence-corrected chi connectivity index (χ3v) is 7.63. The van der Waals surface area contributed by atoms with E-state index in [0.29, 0.717) is 12.8 Å². The maximum atomic E-state index is 11.4. The molecule has 6 nitrogen and oxygen atoms in total. The molecule has 0 saturated carbocycles. The van der Waals surface area contributed by atoms with Gasteiger partial charge in [0, 0.05) is 12.8 Å². The Morgan fingerprint density at radius 3 is 1.10 bits per heavy atom. The van der Waals surface area contributed by atoms with Crippen molar-refractivity contribution in [1.82, 2.24) is 0 Å². The number of carbonyl (C=O) groups excluding carboxylic acids is 1. The first kappa shape index (κ1) is 42.0.